The highest BCUT2D eigenvalue weighted by Gasteiger charge is 2.07. The minimum atomic E-state index is -0.114. The first-order valence-electron chi connectivity index (χ1n) is 5.53. The first-order valence-corrected chi connectivity index (χ1v) is 6.32. The Morgan fingerprint density at radius 3 is 2.78 bits per heavy atom. The number of carbonyl (C=O) groups excluding carboxylic acids is 1. The van der Waals surface area contributed by atoms with Gasteiger partial charge in [-0.05, 0) is 28.4 Å². The van der Waals surface area contributed by atoms with Gasteiger partial charge in [0.1, 0.15) is 5.82 Å². The fourth-order valence-corrected chi connectivity index (χ4v) is 1.70. The van der Waals surface area contributed by atoms with Crippen molar-refractivity contribution in [2.45, 2.75) is 6.92 Å². The molecule has 18 heavy (non-hydrogen) atoms. The molecule has 0 saturated heterocycles. The van der Waals surface area contributed by atoms with Gasteiger partial charge in [-0.15, -0.1) is 0 Å². The van der Waals surface area contributed by atoms with Crippen molar-refractivity contribution >= 4 is 33.5 Å². The Morgan fingerprint density at radius 1 is 1.50 bits per heavy atom. The van der Waals surface area contributed by atoms with Crippen LogP contribution in [0.4, 0.5) is 16.3 Å². The molecule has 0 bridgehead atoms. The zero-order valence-electron chi connectivity index (χ0n) is 10.7. The third kappa shape index (κ3) is 3.76. The largest absolute Gasteiger partial charge is 0.397 e. The van der Waals surface area contributed by atoms with Gasteiger partial charge in [0.25, 0.3) is 0 Å². The van der Waals surface area contributed by atoms with Gasteiger partial charge in [0.05, 0.1) is 16.4 Å². The van der Waals surface area contributed by atoms with Crippen LogP contribution in [0.1, 0.15) is 5.56 Å². The molecule has 1 aromatic rings. The smallest absolute Gasteiger partial charge is 0.316 e. The van der Waals surface area contributed by atoms with Crippen molar-refractivity contribution in [1.29, 1.82) is 0 Å². The van der Waals surface area contributed by atoms with Crippen molar-refractivity contribution in [2.24, 2.45) is 0 Å². The molecule has 0 aliphatic rings. The van der Waals surface area contributed by atoms with E-state index in [-0.39, 0.29) is 6.03 Å². The fourth-order valence-electron chi connectivity index (χ4n) is 1.22. The standard InChI is InChI=1S/C11H18BrN5O/c1-7-8(13)6-16-10(9(7)12)14-4-5-15-11(18)17(2)3/h6H,4-5,13H2,1-3H3,(H,14,16)(H,15,18). The molecular weight excluding hydrogens is 298 g/mol. The third-order valence-electron chi connectivity index (χ3n) is 2.40. The van der Waals surface area contributed by atoms with Crippen LogP contribution in [0, 0.1) is 6.92 Å². The van der Waals surface area contributed by atoms with Crippen molar-refractivity contribution in [3.63, 3.8) is 0 Å². The number of nitrogens with two attached hydrogens (primary N) is 1. The van der Waals surface area contributed by atoms with Gasteiger partial charge in [0.15, 0.2) is 0 Å². The number of nitrogens with one attached hydrogen (secondary N) is 2. The molecule has 1 heterocycles. The molecule has 0 saturated carbocycles. The monoisotopic (exact) mass is 315 g/mol. The van der Waals surface area contributed by atoms with Crippen LogP contribution in [-0.2, 0) is 0 Å². The highest BCUT2D eigenvalue weighted by Crippen LogP contribution is 2.27. The summed E-state index contributed by atoms with van der Waals surface area (Å²) in [5.74, 6) is 0.723. The van der Waals surface area contributed by atoms with Gasteiger partial charge in [-0.2, -0.15) is 0 Å². The molecule has 0 unspecified atom stereocenters. The van der Waals surface area contributed by atoms with Gasteiger partial charge in [0.2, 0.25) is 0 Å². The summed E-state index contributed by atoms with van der Waals surface area (Å²) in [6.07, 6.45) is 1.61. The van der Waals surface area contributed by atoms with E-state index in [0.29, 0.717) is 18.8 Å². The molecule has 100 valence electrons. The van der Waals surface area contributed by atoms with E-state index in [1.54, 1.807) is 20.3 Å². The summed E-state index contributed by atoms with van der Waals surface area (Å²) in [4.78, 5) is 16.9. The highest BCUT2D eigenvalue weighted by molar-refractivity contribution is 9.10. The molecule has 6 nitrogen and oxygen atoms in total. The Hall–Kier alpha value is -1.50. The quantitative estimate of drug-likeness (QED) is 0.734. The minimum Gasteiger partial charge on any atom is -0.397 e. The lowest BCUT2D eigenvalue weighted by Gasteiger charge is -2.13. The Labute approximate surface area is 115 Å². The van der Waals surface area contributed by atoms with Crippen molar-refractivity contribution in [3.05, 3.63) is 16.2 Å². The second-order valence-electron chi connectivity index (χ2n) is 4.05. The summed E-state index contributed by atoms with van der Waals surface area (Å²) < 4.78 is 0.849. The molecule has 1 aromatic heterocycles. The van der Waals surface area contributed by atoms with E-state index >= 15 is 0 Å². The summed E-state index contributed by atoms with van der Waals surface area (Å²) in [6, 6.07) is -0.114. The first-order chi connectivity index (χ1) is 8.43. The Morgan fingerprint density at radius 2 is 2.17 bits per heavy atom. The number of hydrogen-bond acceptors (Lipinski definition) is 4. The Balaban J connectivity index is 2.45. The molecule has 0 atom stereocenters. The minimum absolute atomic E-state index is 0.114. The lowest BCUT2D eigenvalue weighted by molar-refractivity contribution is 0.218. The van der Waals surface area contributed by atoms with E-state index < -0.39 is 0 Å². The maximum absolute atomic E-state index is 11.3. The van der Waals surface area contributed by atoms with Gasteiger partial charge in [-0.1, -0.05) is 0 Å². The predicted molar refractivity (Wildman–Crippen MR) is 76.7 cm³/mol. The average Bonchev–Trinajstić information content (AvgIpc) is 2.33. The molecular formula is C11H18BrN5O. The van der Waals surface area contributed by atoms with Crippen molar-refractivity contribution in [1.82, 2.24) is 15.2 Å². The van der Waals surface area contributed by atoms with Crippen molar-refractivity contribution < 1.29 is 4.79 Å². The summed E-state index contributed by atoms with van der Waals surface area (Å²) in [6.45, 7) is 3.03. The second-order valence-corrected chi connectivity index (χ2v) is 4.85. The number of aromatic nitrogens is 1. The van der Waals surface area contributed by atoms with Crippen molar-refractivity contribution in [2.75, 3.05) is 38.2 Å². The number of pyridine rings is 1. The molecule has 0 aliphatic heterocycles. The van der Waals surface area contributed by atoms with Gasteiger partial charge in [0, 0.05) is 27.2 Å². The van der Waals surface area contributed by atoms with E-state index in [0.717, 1.165) is 15.9 Å². The lowest BCUT2D eigenvalue weighted by Crippen LogP contribution is -2.37. The average molecular weight is 316 g/mol. The van der Waals surface area contributed by atoms with Crippen LogP contribution in [0.2, 0.25) is 0 Å². The number of anilines is 2. The molecule has 4 N–H and O–H groups in total. The number of amides is 2. The Kier molecular flexibility index (Phi) is 5.21. The van der Waals surface area contributed by atoms with Crippen molar-refractivity contribution in [3.8, 4) is 0 Å². The second kappa shape index (κ2) is 6.44. The Bertz CT molecular complexity index is 436. The number of nitrogens with zero attached hydrogens (tertiary/aromatic N) is 2. The summed E-state index contributed by atoms with van der Waals surface area (Å²) in [7, 11) is 3.40. The zero-order chi connectivity index (χ0) is 13.7. The SMILES string of the molecule is Cc1c(N)cnc(NCCNC(=O)N(C)C)c1Br. The summed E-state index contributed by atoms with van der Waals surface area (Å²) in [5, 5.41) is 5.88. The molecule has 0 spiro atoms. The van der Waals surface area contributed by atoms with Crippen LogP contribution in [-0.4, -0.2) is 43.1 Å². The predicted octanol–water partition coefficient (Wildman–Crippen LogP) is 1.42. The topological polar surface area (TPSA) is 83.3 Å². The number of hydrogen-bond donors (Lipinski definition) is 3. The maximum atomic E-state index is 11.3. The van der Waals surface area contributed by atoms with E-state index in [2.05, 4.69) is 31.5 Å². The maximum Gasteiger partial charge on any atom is 0.316 e. The molecule has 0 fully saturated rings. The van der Waals surface area contributed by atoms with Crippen LogP contribution in [0.5, 0.6) is 0 Å². The van der Waals surface area contributed by atoms with Crippen LogP contribution in [0.15, 0.2) is 10.7 Å². The highest BCUT2D eigenvalue weighted by atomic mass is 79.9. The van der Waals surface area contributed by atoms with E-state index in [1.807, 2.05) is 6.92 Å². The van der Waals surface area contributed by atoms with E-state index in [9.17, 15) is 4.79 Å². The number of urea groups is 1. The van der Waals surface area contributed by atoms with E-state index in [1.165, 1.54) is 4.90 Å². The van der Waals surface area contributed by atoms with Gasteiger partial charge in [-0.3, -0.25) is 0 Å². The molecule has 0 aliphatic carbocycles. The van der Waals surface area contributed by atoms with Gasteiger partial charge >= 0.3 is 6.03 Å². The normalized spacial score (nSPS) is 10.0. The van der Waals surface area contributed by atoms with Crippen LogP contribution in [0.3, 0.4) is 0 Å². The first kappa shape index (κ1) is 14.6. The summed E-state index contributed by atoms with van der Waals surface area (Å²) in [5.41, 5.74) is 7.33. The fraction of sp³-hybridized carbons (Fsp3) is 0.455. The van der Waals surface area contributed by atoms with Gasteiger partial charge < -0.3 is 21.3 Å². The van der Waals surface area contributed by atoms with Crippen LogP contribution < -0.4 is 16.4 Å². The van der Waals surface area contributed by atoms with Crippen LogP contribution in [0.25, 0.3) is 0 Å². The van der Waals surface area contributed by atoms with Crippen LogP contribution >= 0.6 is 15.9 Å². The van der Waals surface area contributed by atoms with E-state index in [4.69, 9.17) is 5.73 Å². The molecule has 0 aromatic carbocycles. The summed E-state index contributed by atoms with van der Waals surface area (Å²) >= 11 is 3.43. The van der Waals surface area contributed by atoms with Gasteiger partial charge in [-0.25, -0.2) is 9.78 Å². The number of halogens is 1. The number of rotatable bonds is 4. The number of carbonyl (C=O) groups is 1. The third-order valence-corrected chi connectivity index (χ3v) is 3.37. The molecule has 0 radical (unpaired) electrons. The molecule has 7 heteroatoms. The lowest BCUT2D eigenvalue weighted by atomic mass is 10.2. The molecule has 1 rings (SSSR count). The zero-order valence-corrected chi connectivity index (χ0v) is 12.3. The molecule has 2 amide bonds. The number of nitrogen functional groups attached to an aromatic ring is 1.